The summed E-state index contributed by atoms with van der Waals surface area (Å²) in [6.07, 6.45) is 2.11. The number of hydrogen-bond donors (Lipinski definition) is 1. The Morgan fingerprint density at radius 1 is 1.59 bits per heavy atom. The molecule has 1 aromatic rings. The molecule has 1 rings (SSSR count). The minimum atomic E-state index is -0.0683. The van der Waals surface area contributed by atoms with Crippen molar-refractivity contribution in [3.63, 3.8) is 0 Å². The van der Waals surface area contributed by atoms with Crippen molar-refractivity contribution in [1.29, 1.82) is 0 Å². The van der Waals surface area contributed by atoms with Crippen molar-refractivity contribution in [3.8, 4) is 0 Å². The van der Waals surface area contributed by atoms with Crippen molar-refractivity contribution < 1.29 is 4.79 Å². The van der Waals surface area contributed by atoms with Gasteiger partial charge in [0.25, 0.3) is 5.91 Å². The van der Waals surface area contributed by atoms with E-state index in [1.165, 1.54) is 0 Å². The molecule has 0 aromatic carbocycles. The molecule has 1 atom stereocenters. The molecule has 1 amide bonds. The van der Waals surface area contributed by atoms with Crippen LogP contribution < -0.4 is 5.73 Å². The molecule has 0 fully saturated rings. The number of nitrogens with zero attached hydrogens (tertiary/aromatic N) is 2. The van der Waals surface area contributed by atoms with Gasteiger partial charge in [0.2, 0.25) is 0 Å². The second-order valence-electron chi connectivity index (χ2n) is 4.12. The molecule has 17 heavy (non-hydrogen) atoms. The Morgan fingerprint density at radius 2 is 2.24 bits per heavy atom. The van der Waals surface area contributed by atoms with E-state index in [-0.39, 0.29) is 11.9 Å². The van der Waals surface area contributed by atoms with E-state index in [0.717, 1.165) is 5.69 Å². The third-order valence-corrected chi connectivity index (χ3v) is 2.80. The average Bonchev–Trinajstić information content (AvgIpc) is 2.27. The van der Waals surface area contributed by atoms with Gasteiger partial charge in [0.15, 0.2) is 0 Å². The number of amides is 1. The molecular weight excluding hydrogens is 234 g/mol. The van der Waals surface area contributed by atoms with Crippen LogP contribution in [0.4, 0.5) is 0 Å². The van der Waals surface area contributed by atoms with E-state index in [1.807, 2.05) is 19.9 Å². The van der Waals surface area contributed by atoms with Gasteiger partial charge in [0.05, 0.1) is 10.6 Å². The van der Waals surface area contributed by atoms with Crippen LogP contribution in [0.2, 0.25) is 0 Å². The largest absolute Gasteiger partial charge is 0.393 e. The molecule has 0 radical (unpaired) electrons. The summed E-state index contributed by atoms with van der Waals surface area (Å²) in [7, 11) is 1.74. The lowest BCUT2D eigenvalue weighted by Crippen LogP contribution is -2.37. The lowest BCUT2D eigenvalue weighted by Gasteiger charge is -2.24. The summed E-state index contributed by atoms with van der Waals surface area (Å²) in [4.78, 5) is 18.2. The highest BCUT2D eigenvalue weighted by atomic mass is 32.1. The van der Waals surface area contributed by atoms with Crippen molar-refractivity contribution in [1.82, 2.24) is 9.88 Å². The Labute approximate surface area is 107 Å². The van der Waals surface area contributed by atoms with E-state index >= 15 is 0 Å². The maximum absolute atomic E-state index is 12.1. The van der Waals surface area contributed by atoms with E-state index in [4.69, 9.17) is 18.0 Å². The first-order valence-electron chi connectivity index (χ1n) is 5.40. The first-order chi connectivity index (χ1) is 7.91. The number of aryl methyl sites for hydroxylation is 1. The fourth-order valence-electron chi connectivity index (χ4n) is 1.43. The van der Waals surface area contributed by atoms with Crippen molar-refractivity contribution in [2.75, 3.05) is 7.05 Å². The van der Waals surface area contributed by atoms with Crippen LogP contribution in [-0.2, 0) is 0 Å². The summed E-state index contributed by atoms with van der Waals surface area (Å²) in [6, 6.07) is 3.58. The smallest absolute Gasteiger partial charge is 0.255 e. The number of pyridine rings is 1. The molecule has 0 aliphatic carbocycles. The Hall–Kier alpha value is -1.49. The highest BCUT2D eigenvalue weighted by Crippen LogP contribution is 2.08. The molecule has 5 heteroatoms. The quantitative estimate of drug-likeness (QED) is 0.824. The standard InChI is InChI=1S/C12H17N3OS/c1-8-4-5-10(7-14-8)12(16)15(3)9(2)6-11(13)17/h4-5,7,9H,6H2,1-3H3,(H2,13,17). The van der Waals surface area contributed by atoms with Gasteiger partial charge in [0.1, 0.15) is 0 Å². The van der Waals surface area contributed by atoms with Gasteiger partial charge in [-0.25, -0.2) is 0 Å². The molecule has 0 aliphatic heterocycles. The van der Waals surface area contributed by atoms with Crippen LogP contribution >= 0.6 is 12.2 Å². The van der Waals surface area contributed by atoms with Gasteiger partial charge in [-0.3, -0.25) is 9.78 Å². The summed E-state index contributed by atoms with van der Waals surface area (Å²) in [5.41, 5.74) is 6.94. The van der Waals surface area contributed by atoms with Crippen LogP contribution in [-0.4, -0.2) is 33.9 Å². The summed E-state index contributed by atoms with van der Waals surface area (Å²) in [5, 5.41) is 0. The highest BCUT2D eigenvalue weighted by Gasteiger charge is 2.18. The van der Waals surface area contributed by atoms with E-state index in [9.17, 15) is 4.79 Å². The summed E-state index contributed by atoms with van der Waals surface area (Å²) < 4.78 is 0. The van der Waals surface area contributed by atoms with Gasteiger partial charge in [-0.15, -0.1) is 0 Å². The monoisotopic (exact) mass is 251 g/mol. The normalized spacial score (nSPS) is 11.9. The van der Waals surface area contributed by atoms with E-state index in [1.54, 1.807) is 24.2 Å². The lowest BCUT2D eigenvalue weighted by molar-refractivity contribution is 0.0747. The van der Waals surface area contributed by atoms with Crippen LogP contribution in [0, 0.1) is 6.92 Å². The Morgan fingerprint density at radius 3 is 2.71 bits per heavy atom. The molecule has 2 N–H and O–H groups in total. The number of hydrogen-bond acceptors (Lipinski definition) is 3. The predicted octanol–water partition coefficient (Wildman–Crippen LogP) is 1.53. The van der Waals surface area contributed by atoms with Crippen LogP contribution in [0.5, 0.6) is 0 Å². The van der Waals surface area contributed by atoms with E-state index in [2.05, 4.69) is 4.98 Å². The van der Waals surface area contributed by atoms with Crippen molar-refractivity contribution >= 4 is 23.1 Å². The third-order valence-electron chi connectivity index (χ3n) is 2.64. The summed E-state index contributed by atoms with van der Waals surface area (Å²) in [5.74, 6) is -0.0683. The number of thiocarbonyl (C=S) groups is 1. The van der Waals surface area contributed by atoms with Gasteiger partial charge >= 0.3 is 0 Å². The predicted molar refractivity (Wildman–Crippen MR) is 71.9 cm³/mol. The first kappa shape index (κ1) is 13.6. The van der Waals surface area contributed by atoms with Gasteiger partial charge < -0.3 is 10.6 Å². The fourth-order valence-corrected chi connectivity index (χ4v) is 1.67. The summed E-state index contributed by atoms with van der Waals surface area (Å²) >= 11 is 4.84. The molecule has 92 valence electrons. The number of rotatable bonds is 4. The van der Waals surface area contributed by atoms with Crippen LogP contribution in [0.1, 0.15) is 29.4 Å². The van der Waals surface area contributed by atoms with Gasteiger partial charge in [0, 0.05) is 31.4 Å². The molecule has 0 aliphatic rings. The Kier molecular flexibility index (Phi) is 4.57. The van der Waals surface area contributed by atoms with Crippen molar-refractivity contribution in [2.45, 2.75) is 26.3 Å². The number of aromatic nitrogens is 1. The van der Waals surface area contributed by atoms with Gasteiger partial charge in [-0.1, -0.05) is 12.2 Å². The number of nitrogens with two attached hydrogens (primary N) is 1. The van der Waals surface area contributed by atoms with E-state index < -0.39 is 0 Å². The molecular formula is C12H17N3OS. The maximum Gasteiger partial charge on any atom is 0.255 e. The fraction of sp³-hybridized carbons (Fsp3) is 0.417. The highest BCUT2D eigenvalue weighted by molar-refractivity contribution is 7.80. The number of carbonyl (C=O) groups is 1. The second kappa shape index (κ2) is 5.72. The molecule has 1 unspecified atom stereocenters. The molecule has 1 aromatic heterocycles. The number of carbonyl (C=O) groups excluding carboxylic acids is 1. The van der Waals surface area contributed by atoms with Crippen LogP contribution in [0.3, 0.4) is 0 Å². The minimum Gasteiger partial charge on any atom is -0.393 e. The van der Waals surface area contributed by atoms with Crippen LogP contribution in [0.15, 0.2) is 18.3 Å². The third kappa shape index (κ3) is 3.78. The SMILES string of the molecule is Cc1ccc(C(=O)N(C)C(C)CC(N)=S)cn1. The molecule has 1 heterocycles. The van der Waals surface area contributed by atoms with E-state index in [0.29, 0.717) is 17.0 Å². The molecule has 0 saturated carbocycles. The average molecular weight is 251 g/mol. The maximum atomic E-state index is 12.1. The van der Waals surface area contributed by atoms with Crippen molar-refractivity contribution in [2.24, 2.45) is 5.73 Å². The minimum absolute atomic E-state index is 0.0127. The molecule has 0 bridgehead atoms. The summed E-state index contributed by atoms with van der Waals surface area (Å²) in [6.45, 7) is 3.80. The lowest BCUT2D eigenvalue weighted by atomic mass is 10.1. The van der Waals surface area contributed by atoms with Crippen molar-refractivity contribution in [3.05, 3.63) is 29.6 Å². The van der Waals surface area contributed by atoms with Gasteiger partial charge in [-0.05, 0) is 26.0 Å². The van der Waals surface area contributed by atoms with Gasteiger partial charge in [-0.2, -0.15) is 0 Å². The second-order valence-corrected chi connectivity index (χ2v) is 4.65. The molecule has 4 nitrogen and oxygen atoms in total. The molecule has 0 saturated heterocycles. The zero-order chi connectivity index (χ0) is 13.0. The topological polar surface area (TPSA) is 59.2 Å². The molecule has 0 spiro atoms. The zero-order valence-corrected chi connectivity index (χ0v) is 11.1. The Bertz CT molecular complexity index is 416. The van der Waals surface area contributed by atoms with Crippen LogP contribution in [0.25, 0.3) is 0 Å². The zero-order valence-electron chi connectivity index (χ0n) is 10.3. The first-order valence-corrected chi connectivity index (χ1v) is 5.80. The Balaban J connectivity index is 2.75.